The van der Waals surface area contributed by atoms with Gasteiger partial charge >= 0.3 is 5.97 Å². The number of carboxylic acid groups (broad SMARTS) is 1. The number of carbonyl (C=O) groups is 3. The number of hydrogen-bond donors (Lipinski definition) is 2. The molecule has 1 amide bonds. The molecule has 0 aliphatic carbocycles. The van der Waals surface area contributed by atoms with E-state index in [2.05, 4.69) is 0 Å². The van der Waals surface area contributed by atoms with E-state index in [9.17, 15) is 14.4 Å². The van der Waals surface area contributed by atoms with Gasteiger partial charge in [0.15, 0.2) is 0 Å². The molecule has 0 radical (unpaired) electrons. The number of primary amides is 1. The largest absolute Gasteiger partial charge is 0.481 e. The molecule has 5 nitrogen and oxygen atoms in total. The van der Waals surface area contributed by atoms with Crippen LogP contribution in [0.15, 0.2) is 0 Å². The van der Waals surface area contributed by atoms with E-state index in [4.69, 9.17) is 10.8 Å². The van der Waals surface area contributed by atoms with Gasteiger partial charge in [-0.1, -0.05) is 0 Å². The molecule has 0 aromatic heterocycles. The van der Waals surface area contributed by atoms with Crippen molar-refractivity contribution in [2.45, 2.75) is 19.8 Å². The van der Waals surface area contributed by atoms with Crippen LogP contribution in [0.25, 0.3) is 0 Å². The molecule has 0 aromatic rings. The summed E-state index contributed by atoms with van der Waals surface area (Å²) in [4.78, 5) is 31.3. The van der Waals surface area contributed by atoms with E-state index < -0.39 is 17.8 Å². The van der Waals surface area contributed by atoms with Crippen molar-refractivity contribution in [2.24, 2.45) is 11.7 Å². The summed E-state index contributed by atoms with van der Waals surface area (Å²) in [5.74, 6) is -3.10. The Labute approximate surface area is 69.5 Å². The molecule has 0 aliphatic heterocycles. The van der Waals surface area contributed by atoms with Crippen molar-refractivity contribution in [1.82, 2.24) is 0 Å². The normalized spacial score (nSPS) is 12.1. The number of rotatable bonds is 5. The average Bonchev–Trinajstić information content (AvgIpc) is 1.83. The Balaban J connectivity index is 4.14. The van der Waals surface area contributed by atoms with Crippen LogP contribution < -0.4 is 5.73 Å². The number of hydrogen-bond acceptors (Lipinski definition) is 3. The van der Waals surface area contributed by atoms with Crippen LogP contribution in [0.4, 0.5) is 0 Å². The van der Waals surface area contributed by atoms with Gasteiger partial charge in [-0.2, -0.15) is 0 Å². The molecule has 0 aliphatic rings. The Hall–Kier alpha value is -1.39. The van der Waals surface area contributed by atoms with E-state index in [0.29, 0.717) is 0 Å². The van der Waals surface area contributed by atoms with Crippen molar-refractivity contribution in [1.29, 1.82) is 0 Å². The number of ketones is 1. The molecule has 12 heavy (non-hydrogen) atoms. The molecule has 68 valence electrons. The number of aliphatic carboxylic acids is 1. The lowest BCUT2D eigenvalue weighted by molar-refractivity contribution is -0.145. The number of carboxylic acids is 1. The van der Waals surface area contributed by atoms with Gasteiger partial charge in [0.05, 0.1) is 5.92 Å². The minimum atomic E-state index is -1.16. The van der Waals surface area contributed by atoms with Crippen molar-refractivity contribution in [3.8, 4) is 0 Å². The molecule has 1 atom stereocenters. The van der Waals surface area contributed by atoms with E-state index in [1.54, 1.807) is 0 Å². The van der Waals surface area contributed by atoms with E-state index in [0.717, 1.165) is 0 Å². The van der Waals surface area contributed by atoms with Crippen molar-refractivity contribution in [3.05, 3.63) is 0 Å². The van der Waals surface area contributed by atoms with Gasteiger partial charge in [0, 0.05) is 12.8 Å². The minimum absolute atomic E-state index is 0.141. The monoisotopic (exact) mass is 173 g/mol. The second-order valence-electron chi connectivity index (χ2n) is 2.61. The SMILES string of the molecule is CC(=O)CC(CC(N)=O)C(=O)O. The fourth-order valence-corrected chi connectivity index (χ4v) is 0.837. The third-order valence-corrected chi connectivity index (χ3v) is 1.33. The molecule has 0 saturated carbocycles. The maximum absolute atomic E-state index is 10.5. The predicted molar refractivity (Wildman–Crippen MR) is 40.2 cm³/mol. The summed E-state index contributed by atoms with van der Waals surface area (Å²) in [6.45, 7) is 1.27. The minimum Gasteiger partial charge on any atom is -0.481 e. The van der Waals surface area contributed by atoms with Gasteiger partial charge in [-0.25, -0.2) is 0 Å². The van der Waals surface area contributed by atoms with Gasteiger partial charge in [-0.05, 0) is 6.92 Å². The topological polar surface area (TPSA) is 97.5 Å². The van der Waals surface area contributed by atoms with Crippen molar-refractivity contribution < 1.29 is 19.5 Å². The first kappa shape index (κ1) is 10.6. The molecule has 5 heteroatoms. The maximum atomic E-state index is 10.5. The van der Waals surface area contributed by atoms with Gasteiger partial charge in [0.1, 0.15) is 5.78 Å². The number of Topliss-reactive ketones (excluding diaryl/α,β-unsaturated/α-hetero) is 1. The second kappa shape index (κ2) is 4.48. The third kappa shape index (κ3) is 4.43. The summed E-state index contributed by atoms with van der Waals surface area (Å²) >= 11 is 0. The Bertz CT molecular complexity index is 195. The van der Waals surface area contributed by atoms with Gasteiger partial charge in [0.25, 0.3) is 0 Å². The smallest absolute Gasteiger partial charge is 0.307 e. The predicted octanol–water partition coefficient (Wildman–Crippen LogP) is -0.458. The lowest BCUT2D eigenvalue weighted by Crippen LogP contribution is -2.24. The molecule has 0 saturated heterocycles. The van der Waals surface area contributed by atoms with Crippen LogP contribution in [-0.2, 0) is 14.4 Å². The summed E-state index contributed by atoms with van der Waals surface area (Å²) < 4.78 is 0. The van der Waals surface area contributed by atoms with Crippen LogP contribution in [-0.4, -0.2) is 22.8 Å². The Morgan fingerprint density at radius 3 is 2.08 bits per heavy atom. The highest BCUT2D eigenvalue weighted by Crippen LogP contribution is 2.08. The zero-order chi connectivity index (χ0) is 9.72. The van der Waals surface area contributed by atoms with E-state index in [1.807, 2.05) is 0 Å². The maximum Gasteiger partial charge on any atom is 0.307 e. The van der Waals surface area contributed by atoms with Gasteiger partial charge in [-0.15, -0.1) is 0 Å². The molecule has 0 rings (SSSR count). The first-order valence-electron chi connectivity index (χ1n) is 3.44. The number of amides is 1. The fourth-order valence-electron chi connectivity index (χ4n) is 0.837. The summed E-state index contributed by atoms with van der Waals surface area (Å²) in [5, 5.41) is 8.51. The van der Waals surface area contributed by atoms with Crippen molar-refractivity contribution >= 4 is 17.7 Å². The summed E-state index contributed by atoms with van der Waals surface area (Å²) in [5.41, 5.74) is 4.79. The standard InChI is InChI=1S/C7H11NO4/c1-4(9)2-5(7(11)12)3-6(8)10/h5H,2-3H2,1H3,(H2,8,10)(H,11,12). The quantitative estimate of drug-likeness (QED) is 0.587. The van der Waals surface area contributed by atoms with Crippen molar-refractivity contribution in [2.75, 3.05) is 0 Å². The molecule has 0 spiro atoms. The Kier molecular flexibility index (Phi) is 3.96. The Morgan fingerprint density at radius 2 is 1.83 bits per heavy atom. The van der Waals surface area contributed by atoms with Gasteiger partial charge in [-0.3, -0.25) is 9.59 Å². The number of carbonyl (C=O) groups excluding carboxylic acids is 2. The zero-order valence-corrected chi connectivity index (χ0v) is 6.74. The van der Waals surface area contributed by atoms with E-state index >= 15 is 0 Å². The lowest BCUT2D eigenvalue weighted by Gasteiger charge is -2.06. The Morgan fingerprint density at radius 1 is 1.33 bits per heavy atom. The molecular weight excluding hydrogens is 162 g/mol. The van der Waals surface area contributed by atoms with E-state index in [1.165, 1.54) is 6.92 Å². The van der Waals surface area contributed by atoms with Crippen LogP contribution >= 0.6 is 0 Å². The summed E-state index contributed by atoms with van der Waals surface area (Å²) in [6.07, 6.45) is -0.423. The van der Waals surface area contributed by atoms with Gasteiger partial charge < -0.3 is 15.6 Å². The molecule has 0 heterocycles. The zero-order valence-electron chi connectivity index (χ0n) is 6.74. The molecule has 0 aromatic carbocycles. The van der Waals surface area contributed by atoms with Crippen molar-refractivity contribution in [3.63, 3.8) is 0 Å². The van der Waals surface area contributed by atoms with Crippen LogP contribution in [0.3, 0.4) is 0 Å². The molecule has 3 N–H and O–H groups in total. The fraction of sp³-hybridized carbons (Fsp3) is 0.571. The summed E-state index contributed by atoms with van der Waals surface area (Å²) in [7, 11) is 0. The highest BCUT2D eigenvalue weighted by atomic mass is 16.4. The average molecular weight is 173 g/mol. The van der Waals surface area contributed by atoms with E-state index in [-0.39, 0.29) is 18.6 Å². The third-order valence-electron chi connectivity index (χ3n) is 1.33. The molecule has 0 bridgehead atoms. The summed E-state index contributed by atoms with van der Waals surface area (Å²) in [6, 6.07) is 0. The first-order valence-corrected chi connectivity index (χ1v) is 3.44. The van der Waals surface area contributed by atoms with Crippen LogP contribution in [0, 0.1) is 5.92 Å². The second-order valence-corrected chi connectivity index (χ2v) is 2.61. The molecular formula is C7H11NO4. The van der Waals surface area contributed by atoms with Crippen LogP contribution in [0.5, 0.6) is 0 Å². The molecule has 0 fully saturated rings. The molecule has 1 unspecified atom stereocenters. The highest BCUT2D eigenvalue weighted by Gasteiger charge is 2.21. The van der Waals surface area contributed by atoms with Crippen LogP contribution in [0.1, 0.15) is 19.8 Å². The highest BCUT2D eigenvalue weighted by molar-refractivity contribution is 5.86. The first-order chi connectivity index (χ1) is 5.43. The van der Waals surface area contributed by atoms with Crippen LogP contribution in [0.2, 0.25) is 0 Å². The number of nitrogens with two attached hydrogens (primary N) is 1. The lowest BCUT2D eigenvalue weighted by atomic mass is 9.99. The van der Waals surface area contributed by atoms with Gasteiger partial charge in [0.2, 0.25) is 5.91 Å².